The van der Waals surface area contributed by atoms with Crippen molar-refractivity contribution in [2.75, 3.05) is 18.4 Å². The zero-order valence-corrected chi connectivity index (χ0v) is 15.3. The Balaban J connectivity index is 1.88. The monoisotopic (exact) mass is 396 g/mol. The number of rotatable bonds is 4. The Hall–Kier alpha value is -2.46. The molecule has 144 valence electrons. The van der Waals surface area contributed by atoms with Crippen LogP contribution in [0.3, 0.4) is 0 Å². The molecular formula is C17H18F2N4O3S. The Labute approximate surface area is 155 Å². The second-order valence-electron chi connectivity index (χ2n) is 6.28. The zero-order chi connectivity index (χ0) is 19.7. The van der Waals surface area contributed by atoms with Crippen LogP contribution < -0.4 is 5.32 Å². The summed E-state index contributed by atoms with van der Waals surface area (Å²) in [5.41, 5.74) is 1.12. The van der Waals surface area contributed by atoms with Crippen LogP contribution in [0.15, 0.2) is 41.7 Å². The number of carbonyl (C=O) groups is 1. The topological polar surface area (TPSA) is 92.3 Å². The van der Waals surface area contributed by atoms with Gasteiger partial charge in [-0.2, -0.15) is 4.31 Å². The van der Waals surface area contributed by atoms with Crippen molar-refractivity contribution in [1.82, 2.24) is 14.3 Å². The molecule has 0 radical (unpaired) electrons. The van der Waals surface area contributed by atoms with Gasteiger partial charge in [0.1, 0.15) is 10.7 Å². The van der Waals surface area contributed by atoms with Crippen LogP contribution in [-0.2, 0) is 14.8 Å². The number of halogens is 2. The zero-order valence-electron chi connectivity index (χ0n) is 14.5. The Bertz CT molecular complexity index is 956. The summed E-state index contributed by atoms with van der Waals surface area (Å²) >= 11 is 0. The molecule has 2 aromatic rings. The van der Waals surface area contributed by atoms with Crippen LogP contribution in [0.4, 0.5) is 14.6 Å². The maximum Gasteiger partial charge on any atom is 0.250 e. The summed E-state index contributed by atoms with van der Waals surface area (Å²) in [6.07, 6.45) is 3.17. The molecule has 10 heteroatoms. The summed E-state index contributed by atoms with van der Waals surface area (Å²) in [5.74, 6) is -2.79. The molecule has 0 bridgehead atoms. The van der Waals surface area contributed by atoms with Crippen molar-refractivity contribution < 1.29 is 22.0 Å². The van der Waals surface area contributed by atoms with E-state index in [0.29, 0.717) is 16.9 Å². The average Bonchev–Trinajstić information content (AvgIpc) is 2.61. The molecule has 0 unspecified atom stereocenters. The number of hydrogen-bond donors (Lipinski definition) is 1. The van der Waals surface area contributed by atoms with Crippen LogP contribution in [-0.4, -0.2) is 47.6 Å². The summed E-state index contributed by atoms with van der Waals surface area (Å²) in [6.45, 7) is 0.883. The van der Waals surface area contributed by atoms with E-state index in [9.17, 15) is 22.0 Å². The number of nitrogens with one attached hydrogen (secondary N) is 1. The molecule has 1 aliphatic rings. The minimum atomic E-state index is -3.92. The van der Waals surface area contributed by atoms with Crippen LogP contribution in [0, 0.1) is 0 Å². The molecular weight excluding hydrogens is 378 g/mol. The van der Waals surface area contributed by atoms with Crippen molar-refractivity contribution in [3.8, 4) is 11.1 Å². The second kappa shape index (κ2) is 7.28. The molecule has 1 N–H and O–H groups in total. The summed E-state index contributed by atoms with van der Waals surface area (Å²) in [7, 11) is -3.92. The van der Waals surface area contributed by atoms with Crippen molar-refractivity contribution in [3.05, 3.63) is 36.8 Å². The van der Waals surface area contributed by atoms with Crippen LogP contribution in [0.5, 0.6) is 0 Å². The van der Waals surface area contributed by atoms with E-state index in [2.05, 4.69) is 15.3 Å². The maximum absolute atomic E-state index is 13.3. The number of pyridine rings is 2. The van der Waals surface area contributed by atoms with E-state index in [1.165, 1.54) is 31.6 Å². The molecule has 0 atom stereocenters. The number of anilines is 1. The van der Waals surface area contributed by atoms with Crippen LogP contribution in [0.2, 0.25) is 0 Å². The molecule has 0 aromatic carbocycles. The SMILES string of the molecule is CC(=O)Nc1cc(-c2cncc(S(=O)(=O)N3CCC(F)(F)CC3)c2)ccn1. The number of aromatic nitrogens is 2. The van der Waals surface area contributed by atoms with Gasteiger partial charge in [0.2, 0.25) is 15.9 Å². The summed E-state index contributed by atoms with van der Waals surface area (Å²) in [6, 6.07) is 4.68. The third-order valence-corrected chi connectivity index (χ3v) is 6.07. The Morgan fingerprint density at radius 1 is 1.19 bits per heavy atom. The molecule has 3 heterocycles. The Morgan fingerprint density at radius 2 is 1.89 bits per heavy atom. The normalized spacial score (nSPS) is 17.4. The van der Waals surface area contributed by atoms with Crippen molar-refractivity contribution >= 4 is 21.7 Å². The van der Waals surface area contributed by atoms with Gasteiger partial charge < -0.3 is 5.32 Å². The summed E-state index contributed by atoms with van der Waals surface area (Å²) in [5, 5.41) is 2.55. The number of nitrogens with zero attached hydrogens (tertiary/aromatic N) is 3. The van der Waals surface area contributed by atoms with E-state index in [4.69, 9.17) is 0 Å². The largest absolute Gasteiger partial charge is 0.311 e. The molecule has 1 aliphatic heterocycles. The molecule has 0 spiro atoms. The van der Waals surface area contributed by atoms with E-state index >= 15 is 0 Å². The molecule has 0 saturated carbocycles. The van der Waals surface area contributed by atoms with Crippen molar-refractivity contribution in [1.29, 1.82) is 0 Å². The van der Waals surface area contributed by atoms with Gasteiger partial charge in [-0.15, -0.1) is 0 Å². The van der Waals surface area contributed by atoms with E-state index in [1.54, 1.807) is 12.1 Å². The van der Waals surface area contributed by atoms with Gasteiger partial charge in [-0.1, -0.05) is 0 Å². The highest BCUT2D eigenvalue weighted by Crippen LogP contribution is 2.31. The first-order valence-corrected chi connectivity index (χ1v) is 9.68. The molecule has 1 fully saturated rings. The Kier molecular flexibility index (Phi) is 5.20. The van der Waals surface area contributed by atoms with Gasteiger partial charge >= 0.3 is 0 Å². The highest BCUT2D eigenvalue weighted by Gasteiger charge is 2.38. The molecule has 1 amide bonds. The lowest BCUT2D eigenvalue weighted by atomic mass is 10.1. The lowest BCUT2D eigenvalue weighted by Crippen LogP contribution is -2.42. The number of piperidine rings is 1. The van der Waals surface area contributed by atoms with Gasteiger partial charge in [0.15, 0.2) is 0 Å². The molecule has 1 saturated heterocycles. The highest BCUT2D eigenvalue weighted by atomic mass is 32.2. The van der Waals surface area contributed by atoms with Gasteiger partial charge in [0.05, 0.1) is 0 Å². The maximum atomic E-state index is 13.3. The smallest absolute Gasteiger partial charge is 0.250 e. The van der Waals surface area contributed by atoms with Crippen molar-refractivity contribution in [2.24, 2.45) is 0 Å². The molecule has 3 rings (SSSR count). The van der Waals surface area contributed by atoms with E-state index in [1.807, 2.05) is 0 Å². The van der Waals surface area contributed by atoms with Crippen LogP contribution in [0.25, 0.3) is 11.1 Å². The van der Waals surface area contributed by atoms with E-state index in [0.717, 1.165) is 4.31 Å². The van der Waals surface area contributed by atoms with Gasteiger partial charge in [-0.25, -0.2) is 22.2 Å². The fraction of sp³-hybridized carbons (Fsp3) is 0.353. The van der Waals surface area contributed by atoms with Gasteiger partial charge in [0.25, 0.3) is 5.92 Å². The predicted octanol–water partition coefficient (Wildman–Crippen LogP) is 2.52. The third-order valence-electron chi connectivity index (χ3n) is 4.20. The van der Waals surface area contributed by atoms with E-state index in [-0.39, 0.29) is 23.9 Å². The van der Waals surface area contributed by atoms with Crippen molar-refractivity contribution in [2.45, 2.75) is 30.6 Å². The third kappa shape index (κ3) is 4.45. The van der Waals surface area contributed by atoms with Crippen molar-refractivity contribution in [3.63, 3.8) is 0 Å². The summed E-state index contributed by atoms with van der Waals surface area (Å²) < 4.78 is 53.2. The minimum absolute atomic E-state index is 0.0666. The highest BCUT2D eigenvalue weighted by molar-refractivity contribution is 7.89. The molecule has 2 aromatic heterocycles. The van der Waals surface area contributed by atoms with Gasteiger partial charge in [-0.3, -0.25) is 9.78 Å². The Morgan fingerprint density at radius 3 is 2.56 bits per heavy atom. The average molecular weight is 396 g/mol. The van der Waals surface area contributed by atoms with Gasteiger partial charge in [-0.05, 0) is 23.8 Å². The number of carbonyl (C=O) groups excluding carboxylic acids is 1. The first kappa shape index (κ1) is 19.3. The number of alkyl halides is 2. The van der Waals surface area contributed by atoms with Crippen LogP contribution >= 0.6 is 0 Å². The lowest BCUT2D eigenvalue weighted by Gasteiger charge is -2.30. The lowest BCUT2D eigenvalue weighted by molar-refractivity contribution is -0.114. The molecule has 27 heavy (non-hydrogen) atoms. The summed E-state index contributed by atoms with van der Waals surface area (Å²) in [4.78, 5) is 19.1. The first-order valence-electron chi connectivity index (χ1n) is 8.24. The first-order chi connectivity index (χ1) is 12.7. The fourth-order valence-electron chi connectivity index (χ4n) is 2.78. The van der Waals surface area contributed by atoms with Gasteiger partial charge in [0, 0.05) is 57.0 Å². The van der Waals surface area contributed by atoms with Crippen LogP contribution in [0.1, 0.15) is 19.8 Å². The molecule has 7 nitrogen and oxygen atoms in total. The predicted molar refractivity (Wildman–Crippen MR) is 94.7 cm³/mol. The quantitative estimate of drug-likeness (QED) is 0.857. The minimum Gasteiger partial charge on any atom is -0.311 e. The molecule has 0 aliphatic carbocycles. The number of hydrogen-bond acceptors (Lipinski definition) is 5. The number of sulfonamides is 1. The fourth-order valence-corrected chi connectivity index (χ4v) is 4.21. The standard InChI is InChI=1S/C17H18F2N4O3S/c1-12(24)22-16-9-13(2-5-21-16)14-8-15(11-20-10-14)27(25,26)23-6-3-17(18,19)4-7-23/h2,5,8-11H,3-4,6-7H2,1H3,(H,21,22,24). The number of amides is 1. The second-order valence-corrected chi connectivity index (χ2v) is 8.22. The van der Waals surface area contributed by atoms with E-state index < -0.39 is 28.8 Å².